The van der Waals surface area contributed by atoms with Gasteiger partial charge in [0.1, 0.15) is 0 Å². The smallest absolute Gasteiger partial charge is 0.220 e. The van der Waals surface area contributed by atoms with Crippen molar-refractivity contribution in [1.29, 1.82) is 0 Å². The Hall–Kier alpha value is -0.830. The van der Waals surface area contributed by atoms with E-state index in [1.54, 1.807) is 0 Å². The number of carbonyl (C=O) groups is 1. The van der Waals surface area contributed by atoms with Gasteiger partial charge in [-0.3, -0.25) is 4.79 Å². The van der Waals surface area contributed by atoms with Crippen molar-refractivity contribution < 1.29 is 4.79 Å². The fourth-order valence-corrected chi connectivity index (χ4v) is 3.18. The van der Waals surface area contributed by atoms with E-state index in [9.17, 15) is 4.79 Å². The third-order valence-corrected chi connectivity index (χ3v) is 4.69. The van der Waals surface area contributed by atoms with Gasteiger partial charge in [-0.1, -0.05) is 65.5 Å². The van der Waals surface area contributed by atoms with Crippen LogP contribution in [-0.2, 0) is 4.79 Å². The van der Waals surface area contributed by atoms with E-state index in [1.807, 2.05) is 18.2 Å². The largest absolute Gasteiger partial charge is 0.355 e. The SMILES string of the molecule is O=C(CC1CCCCC1)NCC(Br)c1ccccc1. The van der Waals surface area contributed by atoms with Crippen LogP contribution in [0.5, 0.6) is 0 Å². The molecule has 2 nitrogen and oxygen atoms in total. The maximum absolute atomic E-state index is 11.9. The molecule has 0 saturated heterocycles. The molecule has 0 aliphatic heterocycles. The molecule has 1 unspecified atom stereocenters. The molecule has 2 rings (SSSR count). The molecule has 1 atom stereocenters. The summed E-state index contributed by atoms with van der Waals surface area (Å²) in [5.41, 5.74) is 1.21. The van der Waals surface area contributed by atoms with Crippen molar-refractivity contribution in [3.8, 4) is 0 Å². The average molecular weight is 324 g/mol. The summed E-state index contributed by atoms with van der Waals surface area (Å²) in [6.07, 6.45) is 7.09. The number of rotatable bonds is 5. The summed E-state index contributed by atoms with van der Waals surface area (Å²) in [5.74, 6) is 0.812. The Balaban J connectivity index is 1.71. The molecule has 1 saturated carbocycles. The molecule has 0 radical (unpaired) electrons. The molecule has 0 heterocycles. The Kier molecular flexibility index (Phi) is 5.90. The van der Waals surface area contributed by atoms with Gasteiger partial charge in [-0.15, -0.1) is 0 Å². The lowest BCUT2D eigenvalue weighted by Crippen LogP contribution is -2.29. The summed E-state index contributed by atoms with van der Waals surface area (Å²) in [4.78, 5) is 12.1. The van der Waals surface area contributed by atoms with Crippen LogP contribution in [0, 0.1) is 5.92 Å². The minimum absolute atomic E-state index is 0.198. The number of alkyl halides is 1. The Labute approximate surface area is 124 Å². The second kappa shape index (κ2) is 7.68. The molecule has 1 aromatic rings. The average Bonchev–Trinajstić information content (AvgIpc) is 2.47. The molecule has 104 valence electrons. The van der Waals surface area contributed by atoms with Crippen molar-refractivity contribution in [3.63, 3.8) is 0 Å². The third-order valence-electron chi connectivity index (χ3n) is 3.84. The topological polar surface area (TPSA) is 29.1 Å². The molecule has 1 amide bonds. The molecule has 1 aliphatic rings. The maximum Gasteiger partial charge on any atom is 0.220 e. The van der Waals surface area contributed by atoms with Gasteiger partial charge in [-0.2, -0.15) is 0 Å². The first-order valence-electron chi connectivity index (χ1n) is 7.21. The zero-order chi connectivity index (χ0) is 13.5. The lowest BCUT2D eigenvalue weighted by Gasteiger charge is -2.21. The van der Waals surface area contributed by atoms with Crippen LogP contribution in [0.15, 0.2) is 30.3 Å². The molecule has 1 aromatic carbocycles. The van der Waals surface area contributed by atoms with Crippen LogP contribution in [0.3, 0.4) is 0 Å². The number of benzene rings is 1. The van der Waals surface area contributed by atoms with Crippen molar-refractivity contribution in [2.75, 3.05) is 6.54 Å². The standard InChI is InChI=1S/C16H22BrNO/c17-15(14-9-5-2-6-10-14)12-18-16(19)11-13-7-3-1-4-8-13/h2,5-6,9-10,13,15H,1,3-4,7-8,11-12H2,(H,18,19). The first-order valence-corrected chi connectivity index (χ1v) is 8.13. The summed E-state index contributed by atoms with van der Waals surface area (Å²) < 4.78 is 0. The molecule has 0 bridgehead atoms. The van der Waals surface area contributed by atoms with E-state index in [0.29, 0.717) is 18.9 Å². The molecule has 1 aliphatic carbocycles. The van der Waals surface area contributed by atoms with Crippen LogP contribution in [0.25, 0.3) is 0 Å². The monoisotopic (exact) mass is 323 g/mol. The molecule has 0 aromatic heterocycles. The highest BCUT2D eigenvalue weighted by molar-refractivity contribution is 9.09. The predicted octanol–water partition coefficient (Wildman–Crippen LogP) is 4.21. The Morgan fingerprint density at radius 3 is 2.58 bits per heavy atom. The van der Waals surface area contributed by atoms with E-state index in [1.165, 1.54) is 37.7 Å². The van der Waals surface area contributed by atoms with Crippen LogP contribution in [0.1, 0.15) is 48.9 Å². The van der Waals surface area contributed by atoms with Crippen molar-refractivity contribution in [3.05, 3.63) is 35.9 Å². The Morgan fingerprint density at radius 2 is 1.89 bits per heavy atom. The Bertz CT molecular complexity index is 387. The second-order valence-electron chi connectivity index (χ2n) is 5.39. The number of hydrogen-bond donors (Lipinski definition) is 1. The summed E-state index contributed by atoms with van der Waals surface area (Å²) in [6, 6.07) is 10.2. The van der Waals surface area contributed by atoms with E-state index in [4.69, 9.17) is 0 Å². The molecule has 3 heteroatoms. The second-order valence-corrected chi connectivity index (χ2v) is 6.50. The third kappa shape index (κ3) is 4.98. The van der Waals surface area contributed by atoms with E-state index >= 15 is 0 Å². The van der Waals surface area contributed by atoms with Gasteiger partial charge < -0.3 is 5.32 Å². The quantitative estimate of drug-likeness (QED) is 0.808. The molecule has 0 spiro atoms. The number of halogens is 1. The lowest BCUT2D eigenvalue weighted by atomic mass is 9.87. The van der Waals surface area contributed by atoms with Crippen LogP contribution in [0.2, 0.25) is 0 Å². The fourth-order valence-electron chi connectivity index (χ4n) is 2.71. The first-order chi connectivity index (χ1) is 9.25. The normalized spacial score (nSPS) is 17.9. The minimum atomic E-state index is 0.198. The van der Waals surface area contributed by atoms with Gasteiger partial charge in [-0.25, -0.2) is 0 Å². The number of hydrogen-bond acceptors (Lipinski definition) is 1. The molecular weight excluding hydrogens is 302 g/mol. The van der Waals surface area contributed by atoms with Crippen molar-refractivity contribution in [2.45, 2.75) is 43.4 Å². The van der Waals surface area contributed by atoms with Crippen LogP contribution < -0.4 is 5.32 Å². The van der Waals surface area contributed by atoms with E-state index in [2.05, 4.69) is 33.4 Å². The lowest BCUT2D eigenvalue weighted by molar-refractivity contribution is -0.122. The van der Waals surface area contributed by atoms with Gasteiger partial charge in [0.2, 0.25) is 5.91 Å². The van der Waals surface area contributed by atoms with Crippen LogP contribution >= 0.6 is 15.9 Å². The number of amides is 1. The van der Waals surface area contributed by atoms with Gasteiger partial charge in [0, 0.05) is 13.0 Å². The van der Waals surface area contributed by atoms with E-state index in [0.717, 1.165) is 0 Å². The van der Waals surface area contributed by atoms with Gasteiger partial charge in [0.15, 0.2) is 0 Å². The van der Waals surface area contributed by atoms with Gasteiger partial charge in [0.05, 0.1) is 4.83 Å². The van der Waals surface area contributed by atoms with E-state index < -0.39 is 0 Å². The van der Waals surface area contributed by atoms with E-state index in [-0.39, 0.29) is 10.7 Å². The summed E-state index contributed by atoms with van der Waals surface area (Å²) in [6.45, 7) is 0.662. The van der Waals surface area contributed by atoms with Gasteiger partial charge in [0.25, 0.3) is 0 Å². The van der Waals surface area contributed by atoms with Crippen LogP contribution in [-0.4, -0.2) is 12.5 Å². The molecule has 1 fully saturated rings. The van der Waals surface area contributed by atoms with Gasteiger partial charge in [-0.05, 0) is 24.3 Å². The number of carbonyl (C=O) groups excluding carboxylic acids is 1. The zero-order valence-electron chi connectivity index (χ0n) is 11.3. The first kappa shape index (κ1) is 14.6. The highest BCUT2D eigenvalue weighted by Gasteiger charge is 2.17. The minimum Gasteiger partial charge on any atom is -0.355 e. The maximum atomic E-state index is 11.9. The predicted molar refractivity (Wildman–Crippen MR) is 82.3 cm³/mol. The van der Waals surface area contributed by atoms with Crippen molar-refractivity contribution >= 4 is 21.8 Å². The Morgan fingerprint density at radius 1 is 1.21 bits per heavy atom. The molecule has 19 heavy (non-hydrogen) atoms. The fraction of sp³-hybridized carbons (Fsp3) is 0.562. The van der Waals surface area contributed by atoms with Crippen molar-refractivity contribution in [1.82, 2.24) is 5.32 Å². The molecular formula is C16H22BrNO. The summed E-state index contributed by atoms with van der Waals surface area (Å²) >= 11 is 3.62. The summed E-state index contributed by atoms with van der Waals surface area (Å²) in [5, 5.41) is 3.04. The highest BCUT2D eigenvalue weighted by atomic mass is 79.9. The highest BCUT2D eigenvalue weighted by Crippen LogP contribution is 2.26. The zero-order valence-corrected chi connectivity index (χ0v) is 12.9. The molecule has 1 N–H and O–H groups in total. The van der Waals surface area contributed by atoms with Gasteiger partial charge >= 0.3 is 0 Å². The van der Waals surface area contributed by atoms with Crippen molar-refractivity contribution in [2.24, 2.45) is 5.92 Å². The summed E-state index contributed by atoms with van der Waals surface area (Å²) in [7, 11) is 0. The van der Waals surface area contributed by atoms with Crippen LogP contribution in [0.4, 0.5) is 0 Å². The number of nitrogens with one attached hydrogen (secondary N) is 1.